The minimum atomic E-state index is -0.249. The Kier molecular flexibility index (Phi) is 4.68. The topological polar surface area (TPSA) is 75.0 Å². The molecule has 1 aromatic heterocycles. The molecule has 0 aliphatic heterocycles. The minimum absolute atomic E-state index is 0.126. The molecule has 0 spiro atoms. The lowest BCUT2D eigenvalue weighted by molar-refractivity contribution is -0.123. The maximum Gasteiger partial charge on any atom is 0.258 e. The van der Waals surface area contributed by atoms with Crippen LogP contribution in [0.5, 0.6) is 5.75 Å². The van der Waals surface area contributed by atoms with Crippen LogP contribution < -0.4 is 10.1 Å². The van der Waals surface area contributed by atoms with E-state index in [-0.39, 0.29) is 12.5 Å². The number of nitrogens with zero attached hydrogens (tertiary/aromatic N) is 2. The highest BCUT2D eigenvalue weighted by molar-refractivity contribution is 5.77. The van der Waals surface area contributed by atoms with Crippen molar-refractivity contribution in [2.45, 2.75) is 6.54 Å². The zero-order valence-electron chi connectivity index (χ0n) is 10.7. The number of para-hydroxylation sites is 1. The average molecular weight is 267 g/mol. The summed E-state index contributed by atoms with van der Waals surface area (Å²) in [6, 6.07) is 12.5. The van der Waals surface area contributed by atoms with Gasteiger partial charge in [0.1, 0.15) is 11.8 Å². The van der Waals surface area contributed by atoms with Crippen molar-refractivity contribution in [3.8, 4) is 11.8 Å². The van der Waals surface area contributed by atoms with Crippen molar-refractivity contribution < 1.29 is 9.53 Å². The first-order valence-electron chi connectivity index (χ1n) is 6.07. The second-order valence-electron chi connectivity index (χ2n) is 4.03. The molecule has 0 unspecified atom stereocenters. The van der Waals surface area contributed by atoms with E-state index in [9.17, 15) is 4.79 Å². The van der Waals surface area contributed by atoms with Gasteiger partial charge in [-0.3, -0.25) is 9.78 Å². The van der Waals surface area contributed by atoms with Crippen molar-refractivity contribution in [3.05, 3.63) is 59.9 Å². The van der Waals surface area contributed by atoms with Crippen molar-refractivity contribution in [2.75, 3.05) is 6.61 Å². The van der Waals surface area contributed by atoms with Crippen molar-refractivity contribution in [3.63, 3.8) is 0 Å². The van der Waals surface area contributed by atoms with Crippen LogP contribution in [0.4, 0.5) is 0 Å². The Morgan fingerprint density at radius 2 is 2.15 bits per heavy atom. The van der Waals surface area contributed by atoms with Crippen molar-refractivity contribution >= 4 is 5.91 Å². The summed E-state index contributed by atoms with van der Waals surface area (Å²) in [5.41, 5.74) is 1.32. The number of nitriles is 1. The Morgan fingerprint density at radius 1 is 1.30 bits per heavy atom. The van der Waals surface area contributed by atoms with E-state index in [4.69, 9.17) is 10.00 Å². The molecule has 0 atom stereocenters. The van der Waals surface area contributed by atoms with Gasteiger partial charge in [0.05, 0.1) is 5.56 Å². The molecule has 100 valence electrons. The van der Waals surface area contributed by atoms with Crippen LogP contribution in [-0.4, -0.2) is 17.5 Å². The third-order valence-corrected chi connectivity index (χ3v) is 2.58. The molecule has 1 N–H and O–H groups in total. The number of hydrogen-bond acceptors (Lipinski definition) is 4. The second-order valence-corrected chi connectivity index (χ2v) is 4.03. The molecule has 2 aromatic rings. The zero-order chi connectivity index (χ0) is 14.2. The van der Waals surface area contributed by atoms with E-state index in [0.717, 1.165) is 5.56 Å². The van der Waals surface area contributed by atoms with Gasteiger partial charge in [-0.2, -0.15) is 5.26 Å². The number of pyridine rings is 1. The summed E-state index contributed by atoms with van der Waals surface area (Å²) in [7, 11) is 0. The highest BCUT2D eigenvalue weighted by Gasteiger charge is 2.06. The van der Waals surface area contributed by atoms with Crippen molar-refractivity contribution in [2.24, 2.45) is 0 Å². The molecule has 1 amide bonds. The zero-order valence-corrected chi connectivity index (χ0v) is 10.7. The molecule has 0 bridgehead atoms. The first-order chi connectivity index (χ1) is 9.79. The van der Waals surface area contributed by atoms with Gasteiger partial charge in [0.15, 0.2) is 6.61 Å². The van der Waals surface area contributed by atoms with Gasteiger partial charge >= 0.3 is 0 Å². The molecule has 1 heterocycles. The molecule has 0 radical (unpaired) electrons. The van der Waals surface area contributed by atoms with E-state index < -0.39 is 0 Å². The van der Waals surface area contributed by atoms with E-state index >= 15 is 0 Å². The Balaban J connectivity index is 1.82. The monoisotopic (exact) mass is 267 g/mol. The first-order valence-corrected chi connectivity index (χ1v) is 6.07. The third-order valence-electron chi connectivity index (χ3n) is 2.58. The van der Waals surface area contributed by atoms with E-state index in [1.807, 2.05) is 12.1 Å². The number of aromatic nitrogens is 1. The van der Waals surface area contributed by atoms with Crippen LogP contribution in [0.3, 0.4) is 0 Å². The first kappa shape index (κ1) is 13.6. The Bertz CT molecular complexity index is 621. The van der Waals surface area contributed by atoms with Gasteiger partial charge in [-0.25, -0.2) is 0 Å². The summed E-state index contributed by atoms with van der Waals surface area (Å²) in [6.45, 7) is 0.273. The van der Waals surface area contributed by atoms with Gasteiger partial charge in [0.25, 0.3) is 5.91 Å². The Labute approximate surface area is 116 Å². The van der Waals surface area contributed by atoms with E-state index in [2.05, 4.69) is 10.3 Å². The van der Waals surface area contributed by atoms with Gasteiger partial charge in [-0.15, -0.1) is 0 Å². The highest BCUT2D eigenvalue weighted by atomic mass is 16.5. The minimum Gasteiger partial charge on any atom is -0.482 e. The van der Waals surface area contributed by atoms with Crippen LogP contribution in [0.25, 0.3) is 0 Å². The lowest BCUT2D eigenvalue weighted by atomic mass is 10.2. The Morgan fingerprint density at radius 3 is 2.90 bits per heavy atom. The van der Waals surface area contributed by atoms with Crippen LogP contribution in [0.15, 0.2) is 48.8 Å². The van der Waals surface area contributed by atoms with Crippen molar-refractivity contribution in [1.82, 2.24) is 10.3 Å². The summed E-state index contributed by atoms with van der Waals surface area (Å²) >= 11 is 0. The van der Waals surface area contributed by atoms with E-state index in [0.29, 0.717) is 17.9 Å². The summed E-state index contributed by atoms with van der Waals surface area (Å²) in [4.78, 5) is 15.6. The highest BCUT2D eigenvalue weighted by Crippen LogP contribution is 2.16. The summed E-state index contributed by atoms with van der Waals surface area (Å²) in [6.07, 6.45) is 3.36. The molecule has 0 saturated heterocycles. The standard InChI is InChI=1S/C15H13N3O2/c16-8-13-5-1-2-6-14(13)20-11-15(19)18-10-12-4-3-7-17-9-12/h1-7,9H,10-11H2,(H,18,19). The third kappa shape index (κ3) is 3.82. The number of rotatable bonds is 5. The molecule has 20 heavy (non-hydrogen) atoms. The number of carbonyl (C=O) groups is 1. The molecule has 0 aliphatic rings. The largest absolute Gasteiger partial charge is 0.482 e. The summed E-state index contributed by atoms with van der Waals surface area (Å²) in [5, 5.41) is 11.6. The van der Waals surface area contributed by atoms with Crippen LogP contribution in [0, 0.1) is 11.3 Å². The normalized spacial score (nSPS) is 9.55. The average Bonchev–Trinajstić information content (AvgIpc) is 2.52. The molecule has 1 aromatic carbocycles. The maximum absolute atomic E-state index is 11.6. The molecule has 0 fully saturated rings. The number of carbonyl (C=O) groups excluding carboxylic acids is 1. The van der Waals surface area contributed by atoms with Gasteiger partial charge < -0.3 is 10.1 Å². The van der Waals surface area contributed by atoms with Crippen LogP contribution >= 0.6 is 0 Å². The second kappa shape index (κ2) is 6.90. The fraction of sp³-hybridized carbons (Fsp3) is 0.133. The predicted octanol–water partition coefficient (Wildman–Crippen LogP) is 1.65. The molecule has 5 heteroatoms. The maximum atomic E-state index is 11.6. The molecular weight excluding hydrogens is 254 g/mol. The number of ether oxygens (including phenoxy) is 1. The molecule has 0 aliphatic carbocycles. The predicted molar refractivity (Wildman–Crippen MR) is 72.7 cm³/mol. The number of benzene rings is 1. The molecule has 2 rings (SSSR count). The number of amides is 1. The fourth-order valence-electron chi connectivity index (χ4n) is 1.58. The number of nitrogens with one attached hydrogen (secondary N) is 1. The van der Waals surface area contributed by atoms with E-state index in [1.54, 1.807) is 42.7 Å². The van der Waals surface area contributed by atoms with Crippen molar-refractivity contribution in [1.29, 1.82) is 5.26 Å². The lowest BCUT2D eigenvalue weighted by Crippen LogP contribution is -2.28. The van der Waals surface area contributed by atoms with Gasteiger partial charge in [0.2, 0.25) is 0 Å². The van der Waals surface area contributed by atoms with E-state index in [1.165, 1.54) is 0 Å². The quantitative estimate of drug-likeness (QED) is 0.893. The van der Waals surface area contributed by atoms with Crippen LogP contribution in [-0.2, 0) is 11.3 Å². The SMILES string of the molecule is N#Cc1ccccc1OCC(=O)NCc1cccnc1. The summed E-state index contributed by atoms with van der Waals surface area (Å²) in [5.74, 6) is 0.160. The van der Waals surface area contributed by atoms with Gasteiger partial charge in [-0.05, 0) is 23.8 Å². The summed E-state index contributed by atoms with van der Waals surface area (Å²) < 4.78 is 5.33. The van der Waals surface area contributed by atoms with Gasteiger partial charge in [0, 0.05) is 18.9 Å². The molecular formula is C15H13N3O2. The number of hydrogen-bond donors (Lipinski definition) is 1. The fourth-order valence-corrected chi connectivity index (χ4v) is 1.58. The Hall–Kier alpha value is -2.87. The molecule has 0 saturated carbocycles. The smallest absolute Gasteiger partial charge is 0.258 e. The van der Waals surface area contributed by atoms with Crippen LogP contribution in [0.2, 0.25) is 0 Å². The van der Waals surface area contributed by atoms with Crippen LogP contribution in [0.1, 0.15) is 11.1 Å². The molecule has 5 nitrogen and oxygen atoms in total. The van der Waals surface area contributed by atoms with Gasteiger partial charge in [-0.1, -0.05) is 18.2 Å². The lowest BCUT2D eigenvalue weighted by Gasteiger charge is -2.08.